The standard InChI is InChI=1S/C17H19N5OS/c1-9-5-4-6-10(2)15(9)22-16(23)11(3)24-17-12(8-18)13(19)7-14(20)21-17/h4-7,11H,1-3H3,(H,22,23)(H4,19,20,21)/t11-/m0/s1. The lowest BCUT2D eigenvalue weighted by Crippen LogP contribution is -2.23. The van der Waals surface area contributed by atoms with Crippen molar-refractivity contribution in [3.8, 4) is 6.07 Å². The predicted molar refractivity (Wildman–Crippen MR) is 97.6 cm³/mol. The Morgan fingerprint density at radius 3 is 2.54 bits per heavy atom. The first kappa shape index (κ1) is 17.6. The average Bonchev–Trinajstić information content (AvgIpc) is 2.50. The van der Waals surface area contributed by atoms with Gasteiger partial charge in [0.05, 0.1) is 10.9 Å². The first-order valence-electron chi connectivity index (χ1n) is 7.33. The van der Waals surface area contributed by atoms with Crippen molar-refractivity contribution in [3.05, 3.63) is 41.0 Å². The normalized spacial score (nSPS) is 11.6. The van der Waals surface area contributed by atoms with Crippen molar-refractivity contribution < 1.29 is 4.79 Å². The average molecular weight is 341 g/mol. The van der Waals surface area contributed by atoms with Crippen molar-refractivity contribution in [2.45, 2.75) is 31.0 Å². The largest absolute Gasteiger partial charge is 0.397 e. The van der Waals surface area contributed by atoms with Crippen molar-refractivity contribution >= 4 is 34.9 Å². The zero-order valence-corrected chi connectivity index (χ0v) is 14.6. The molecule has 1 atom stereocenters. The summed E-state index contributed by atoms with van der Waals surface area (Å²) >= 11 is 1.16. The Balaban J connectivity index is 2.20. The fourth-order valence-electron chi connectivity index (χ4n) is 2.22. The zero-order chi connectivity index (χ0) is 17.9. The van der Waals surface area contributed by atoms with Crippen LogP contribution in [0.4, 0.5) is 17.2 Å². The number of para-hydroxylation sites is 1. The molecule has 1 aromatic carbocycles. The number of hydrogen-bond donors (Lipinski definition) is 3. The van der Waals surface area contributed by atoms with Gasteiger partial charge in [0.15, 0.2) is 0 Å². The molecule has 6 nitrogen and oxygen atoms in total. The fraction of sp³-hybridized carbons (Fsp3) is 0.235. The van der Waals surface area contributed by atoms with E-state index in [0.29, 0.717) is 5.03 Å². The Hall–Kier alpha value is -2.72. The van der Waals surface area contributed by atoms with Crippen molar-refractivity contribution in [2.24, 2.45) is 0 Å². The number of benzene rings is 1. The minimum Gasteiger partial charge on any atom is -0.397 e. The molecule has 0 aliphatic rings. The Bertz CT molecular complexity index is 808. The predicted octanol–water partition coefficient (Wildman–Crippen LogP) is 2.85. The topological polar surface area (TPSA) is 118 Å². The summed E-state index contributed by atoms with van der Waals surface area (Å²) in [5.74, 6) is 0.0421. The molecule has 1 amide bonds. The summed E-state index contributed by atoms with van der Waals surface area (Å²) in [6.07, 6.45) is 0. The lowest BCUT2D eigenvalue weighted by molar-refractivity contribution is -0.115. The number of anilines is 3. The van der Waals surface area contributed by atoms with Crippen LogP contribution in [-0.2, 0) is 4.79 Å². The minimum absolute atomic E-state index is 0.177. The molecule has 7 heteroatoms. The second kappa shape index (κ2) is 7.23. The van der Waals surface area contributed by atoms with Gasteiger partial charge in [-0.15, -0.1) is 0 Å². The molecular weight excluding hydrogens is 322 g/mol. The van der Waals surface area contributed by atoms with E-state index in [1.807, 2.05) is 38.1 Å². The molecule has 0 saturated heterocycles. The van der Waals surface area contributed by atoms with Crippen molar-refractivity contribution in [3.63, 3.8) is 0 Å². The second-order valence-corrected chi connectivity index (χ2v) is 6.77. The Morgan fingerprint density at radius 1 is 1.33 bits per heavy atom. The number of carbonyl (C=O) groups is 1. The number of amides is 1. The van der Waals surface area contributed by atoms with Gasteiger partial charge in [0.25, 0.3) is 0 Å². The van der Waals surface area contributed by atoms with Crippen LogP contribution in [-0.4, -0.2) is 16.1 Å². The number of nitrogens with two attached hydrogens (primary N) is 2. The molecule has 0 fully saturated rings. The lowest BCUT2D eigenvalue weighted by Gasteiger charge is -2.16. The van der Waals surface area contributed by atoms with Gasteiger partial charge in [0.2, 0.25) is 5.91 Å². The smallest absolute Gasteiger partial charge is 0.237 e. The summed E-state index contributed by atoms with van der Waals surface area (Å²) in [6.45, 7) is 5.62. The highest BCUT2D eigenvalue weighted by molar-refractivity contribution is 8.00. The Morgan fingerprint density at radius 2 is 1.96 bits per heavy atom. The van der Waals surface area contributed by atoms with E-state index >= 15 is 0 Å². The third-order valence-electron chi connectivity index (χ3n) is 3.54. The minimum atomic E-state index is -0.468. The van der Waals surface area contributed by atoms with E-state index in [0.717, 1.165) is 28.6 Å². The first-order chi connectivity index (χ1) is 11.3. The maximum absolute atomic E-state index is 12.5. The molecular formula is C17H19N5OS. The third kappa shape index (κ3) is 3.78. The third-order valence-corrected chi connectivity index (χ3v) is 4.62. The molecule has 124 valence electrons. The van der Waals surface area contributed by atoms with E-state index in [4.69, 9.17) is 11.5 Å². The molecule has 5 N–H and O–H groups in total. The summed E-state index contributed by atoms with van der Waals surface area (Å²) in [5.41, 5.74) is 14.8. The number of nitrogens with zero attached hydrogens (tertiary/aromatic N) is 2. The molecule has 0 unspecified atom stereocenters. The van der Waals surface area contributed by atoms with E-state index in [-0.39, 0.29) is 23.0 Å². The van der Waals surface area contributed by atoms with Gasteiger partial charge in [0, 0.05) is 11.8 Å². The molecule has 0 saturated carbocycles. The van der Waals surface area contributed by atoms with Crippen molar-refractivity contribution in [2.75, 3.05) is 16.8 Å². The number of aromatic nitrogens is 1. The van der Waals surface area contributed by atoms with E-state index in [9.17, 15) is 10.1 Å². The number of aryl methyl sites for hydroxylation is 2. The van der Waals surface area contributed by atoms with Crippen LogP contribution < -0.4 is 16.8 Å². The molecule has 0 aliphatic carbocycles. The van der Waals surface area contributed by atoms with Gasteiger partial charge in [-0.25, -0.2) is 4.98 Å². The molecule has 0 aliphatic heterocycles. The molecule has 2 aromatic rings. The van der Waals surface area contributed by atoms with Crippen LogP contribution in [0.15, 0.2) is 29.3 Å². The fourth-order valence-corrected chi connectivity index (χ4v) is 3.16. The number of nitrogens with one attached hydrogen (secondary N) is 1. The van der Waals surface area contributed by atoms with Crippen molar-refractivity contribution in [1.82, 2.24) is 4.98 Å². The molecule has 0 radical (unpaired) electrons. The van der Waals surface area contributed by atoms with Gasteiger partial charge in [-0.1, -0.05) is 30.0 Å². The Kier molecular flexibility index (Phi) is 5.31. The summed E-state index contributed by atoms with van der Waals surface area (Å²) in [4.78, 5) is 16.6. The highest BCUT2D eigenvalue weighted by Gasteiger charge is 2.20. The molecule has 2 rings (SSSR count). The van der Waals surface area contributed by atoms with Crippen LogP contribution >= 0.6 is 11.8 Å². The monoisotopic (exact) mass is 341 g/mol. The van der Waals surface area contributed by atoms with Gasteiger partial charge in [-0.05, 0) is 31.9 Å². The van der Waals surface area contributed by atoms with Crippen LogP contribution in [0.3, 0.4) is 0 Å². The molecule has 1 heterocycles. The van der Waals surface area contributed by atoms with E-state index < -0.39 is 5.25 Å². The van der Waals surface area contributed by atoms with Gasteiger partial charge >= 0.3 is 0 Å². The van der Waals surface area contributed by atoms with E-state index in [1.165, 1.54) is 6.07 Å². The number of hydrogen-bond acceptors (Lipinski definition) is 6. The van der Waals surface area contributed by atoms with Crippen LogP contribution in [0, 0.1) is 25.2 Å². The van der Waals surface area contributed by atoms with Gasteiger partial charge in [-0.3, -0.25) is 4.79 Å². The van der Waals surface area contributed by atoms with Crippen molar-refractivity contribution in [1.29, 1.82) is 5.26 Å². The molecule has 0 bridgehead atoms. The number of nitrogen functional groups attached to an aromatic ring is 2. The van der Waals surface area contributed by atoms with E-state index in [2.05, 4.69) is 10.3 Å². The molecule has 0 spiro atoms. The second-order valence-electron chi connectivity index (χ2n) is 5.44. The lowest BCUT2D eigenvalue weighted by atomic mass is 10.1. The summed E-state index contributed by atoms with van der Waals surface area (Å²) in [5, 5.41) is 12.0. The molecule has 1 aromatic heterocycles. The SMILES string of the molecule is Cc1cccc(C)c1NC(=O)[C@H](C)Sc1nc(N)cc(N)c1C#N. The van der Waals surface area contributed by atoms with Gasteiger partial charge in [0.1, 0.15) is 22.5 Å². The number of rotatable bonds is 4. The van der Waals surface area contributed by atoms with Gasteiger partial charge in [-0.2, -0.15) is 5.26 Å². The summed E-state index contributed by atoms with van der Waals surface area (Å²) in [6, 6.07) is 9.26. The highest BCUT2D eigenvalue weighted by atomic mass is 32.2. The maximum atomic E-state index is 12.5. The number of pyridine rings is 1. The summed E-state index contributed by atoms with van der Waals surface area (Å²) in [7, 11) is 0. The zero-order valence-electron chi connectivity index (χ0n) is 13.8. The van der Waals surface area contributed by atoms with Crippen LogP contribution in [0.25, 0.3) is 0 Å². The number of thioether (sulfide) groups is 1. The molecule has 24 heavy (non-hydrogen) atoms. The van der Waals surface area contributed by atoms with Crippen LogP contribution in [0.5, 0.6) is 0 Å². The van der Waals surface area contributed by atoms with Crippen LogP contribution in [0.2, 0.25) is 0 Å². The maximum Gasteiger partial charge on any atom is 0.237 e. The first-order valence-corrected chi connectivity index (χ1v) is 8.21. The van der Waals surface area contributed by atoms with E-state index in [1.54, 1.807) is 6.92 Å². The Labute approximate surface area is 145 Å². The number of carbonyl (C=O) groups excluding carboxylic acids is 1. The van der Waals surface area contributed by atoms with Crippen LogP contribution in [0.1, 0.15) is 23.6 Å². The highest BCUT2D eigenvalue weighted by Crippen LogP contribution is 2.30. The van der Waals surface area contributed by atoms with Gasteiger partial charge < -0.3 is 16.8 Å². The quantitative estimate of drug-likeness (QED) is 0.736. The number of nitriles is 1. The summed E-state index contributed by atoms with van der Waals surface area (Å²) < 4.78 is 0.